The van der Waals surface area contributed by atoms with E-state index in [4.69, 9.17) is 0 Å². The average Bonchev–Trinajstić information content (AvgIpc) is 2.89. The first-order chi connectivity index (χ1) is 9.05. The first-order valence-electron chi connectivity index (χ1n) is 6.44. The highest BCUT2D eigenvalue weighted by molar-refractivity contribution is 9.10. The Bertz CT molecular complexity index is 550. The van der Waals surface area contributed by atoms with E-state index < -0.39 is 10.0 Å². The van der Waals surface area contributed by atoms with Gasteiger partial charge < -0.3 is 0 Å². The van der Waals surface area contributed by atoms with Gasteiger partial charge in [0.1, 0.15) is 0 Å². The van der Waals surface area contributed by atoms with Gasteiger partial charge in [-0.2, -0.15) is 4.31 Å². The van der Waals surface area contributed by atoms with E-state index in [1.54, 1.807) is 28.6 Å². The molecular formula is C14H18BrNO2S. The summed E-state index contributed by atoms with van der Waals surface area (Å²) in [7, 11) is -3.44. The molecule has 3 nitrogen and oxygen atoms in total. The van der Waals surface area contributed by atoms with Gasteiger partial charge in [0.15, 0.2) is 0 Å². The van der Waals surface area contributed by atoms with Crippen LogP contribution >= 0.6 is 15.9 Å². The summed E-state index contributed by atoms with van der Waals surface area (Å²) in [6.07, 6.45) is 5.76. The number of hydrogen-bond donors (Lipinski definition) is 0. The van der Waals surface area contributed by atoms with Crippen molar-refractivity contribution in [3.05, 3.63) is 41.4 Å². The molecular weight excluding hydrogens is 326 g/mol. The molecule has 5 heteroatoms. The molecule has 0 bridgehead atoms. The van der Waals surface area contributed by atoms with Crippen LogP contribution in [0, 0.1) is 0 Å². The number of hydrogen-bond acceptors (Lipinski definition) is 2. The third-order valence-electron chi connectivity index (χ3n) is 3.44. The fourth-order valence-corrected chi connectivity index (χ4v) is 4.78. The van der Waals surface area contributed by atoms with Crippen LogP contribution in [0.15, 0.2) is 46.3 Å². The minimum Gasteiger partial charge on any atom is -0.207 e. The first-order valence-corrected chi connectivity index (χ1v) is 8.67. The molecule has 0 amide bonds. The molecule has 1 aromatic carbocycles. The van der Waals surface area contributed by atoms with Gasteiger partial charge in [-0.25, -0.2) is 8.42 Å². The Labute approximate surface area is 123 Å². The average molecular weight is 344 g/mol. The lowest BCUT2D eigenvalue weighted by Gasteiger charge is -2.27. The van der Waals surface area contributed by atoms with E-state index in [2.05, 4.69) is 22.5 Å². The van der Waals surface area contributed by atoms with Crippen molar-refractivity contribution in [2.24, 2.45) is 0 Å². The monoisotopic (exact) mass is 343 g/mol. The van der Waals surface area contributed by atoms with Gasteiger partial charge in [-0.15, -0.1) is 6.58 Å². The van der Waals surface area contributed by atoms with Gasteiger partial charge in [-0.3, -0.25) is 0 Å². The van der Waals surface area contributed by atoms with Crippen molar-refractivity contribution in [2.75, 3.05) is 6.54 Å². The zero-order chi connectivity index (χ0) is 13.9. The number of nitrogens with zero attached hydrogens (tertiary/aromatic N) is 1. The molecule has 0 aliphatic heterocycles. The zero-order valence-electron chi connectivity index (χ0n) is 10.8. The van der Waals surface area contributed by atoms with E-state index in [1.807, 2.05) is 6.07 Å². The van der Waals surface area contributed by atoms with Gasteiger partial charge in [-0.05, 0) is 31.0 Å². The molecule has 0 heterocycles. The first kappa shape index (κ1) is 14.8. The standard InChI is InChI=1S/C14H18BrNO2S/c1-2-10-16(13-7-3-4-8-13)19(17,18)14-9-5-6-12(15)11-14/h2,5-6,9,11,13H,1,3-4,7-8,10H2. The summed E-state index contributed by atoms with van der Waals surface area (Å²) >= 11 is 3.32. The van der Waals surface area contributed by atoms with Crippen LogP contribution in [0.2, 0.25) is 0 Å². The van der Waals surface area contributed by atoms with Crippen molar-refractivity contribution in [1.29, 1.82) is 0 Å². The van der Waals surface area contributed by atoms with Crippen LogP contribution in [0.5, 0.6) is 0 Å². The van der Waals surface area contributed by atoms with Crippen molar-refractivity contribution < 1.29 is 8.42 Å². The second-order valence-corrected chi connectivity index (χ2v) is 7.57. The molecule has 1 aliphatic rings. The lowest BCUT2D eigenvalue weighted by molar-refractivity contribution is 0.347. The fraction of sp³-hybridized carbons (Fsp3) is 0.429. The molecule has 0 unspecified atom stereocenters. The summed E-state index contributed by atoms with van der Waals surface area (Å²) in [5.41, 5.74) is 0. The van der Waals surface area contributed by atoms with Crippen LogP contribution < -0.4 is 0 Å². The smallest absolute Gasteiger partial charge is 0.207 e. The molecule has 0 radical (unpaired) electrons. The molecule has 19 heavy (non-hydrogen) atoms. The van der Waals surface area contributed by atoms with Crippen molar-refractivity contribution in [3.8, 4) is 0 Å². The van der Waals surface area contributed by atoms with Crippen LogP contribution in [0.4, 0.5) is 0 Å². The normalized spacial score (nSPS) is 16.9. The van der Waals surface area contributed by atoms with Crippen molar-refractivity contribution in [2.45, 2.75) is 36.6 Å². The van der Waals surface area contributed by atoms with E-state index in [0.29, 0.717) is 11.4 Å². The summed E-state index contributed by atoms with van der Waals surface area (Å²) in [6.45, 7) is 4.06. The van der Waals surface area contributed by atoms with Gasteiger partial charge in [0.05, 0.1) is 4.90 Å². The molecule has 0 N–H and O–H groups in total. The van der Waals surface area contributed by atoms with Crippen LogP contribution in [0.1, 0.15) is 25.7 Å². The highest BCUT2D eigenvalue weighted by atomic mass is 79.9. The molecule has 104 valence electrons. The highest BCUT2D eigenvalue weighted by Gasteiger charge is 2.32. The van der Waals surface area contributed by atoms with E-state index >= 15 is 0 Å². The second-order valence-electron chi connectivity index (χ2n) is 4.76. The van der Waals surface area contributed by atoms with Crippen LogP contribution in [-0.2, 0) is 10.0 Å². The minimum absolute atomic E-state index is 0.113. The summed E-state index contributed by atoms with van der Waals surface area (Å²) < 4.78 is 27.8. The van der Waals surface area contributed by atoms with Gasteiger partial charge in [0, 0.05) is 17.1 Å². The van der Waals surface area contributed by atoms with Crippen molar-refractivity contribution in [1.82, 2.24) is 4.31 Å². The molecule has 2 rings (SSSR count). The van der Waals surface area contributed by atoms with E-state index in [9.17, 15) is 8.42 Å². The Kier molecular flexibility index (Phi) is 4.81. The summed E-state index contributed by atoms with van der Waals surface area (Å²) in [6, 6.07) is 6.98. The minimum atomic E-state index is -3.44. The van der Waals surface area contributed by atoms with Gasteiger partial charge in [-0.1, -0.05) is 40.9 Å². The Hall–Kier alpha value is -0.650. The Morgan fingerprint density at radius 1 is 1.37 bits per heavy atom. The van der Waals surface area contributed by atoms with Crippen molar-refractivity contribution >= 4 is 26.0 Å². The Morgan fingerprint density at radius 3 is 2.63 bits per heavy atom. The zero-order valence-corrected chi connectivity index (χ0v) is 13.2. The number of sulfonamides is 1. The van der Waals surface area contributed by atoms with Gasteiger partial charge in [0.25, 0.3) is 0 Å². The van der Waals surface area contributed by atoms with Gasteiger partial charge in [0.2, 0.25) is 10.0 Å². The molecule has 1 aromatic rings. The maximum absolute atomic E-state index is 12.7. The molecule has 1 fully saturated rings. The Balaban J connectivity index is 2.36. The quantitative estimate of drug-likeness (QED) is 0.766. The van der Waals surface area contributed by atoms with Crippen LogP contribution in [0.25, 0.3) is 0 Å². The Morgan fingerprint density at radius 2 is 2.05 bits per heavy atom. The predicted molar refractivity (Wildman–Crippen MR) is 80.5 cm³/mol. The molecule has 0 spiro atoms. The summed E-state index contributed by atoms with van der Waals surface area (Å²) in [4.78, 5) is 0.343. The van der Waals surface area contributed by atoms with E-state index in [1.165, 1.54) is 0 Å². The lowest BCUT2D eigenvalue weighted by atomic mass is 10.2. The molecule has 0 saturated heterocycles. The number of halogens is 1. The maximum Gasteiger partial charge on any atom is 0.243 e. The summed E-state index contributed by atoms with van der Waals surface area (Å²) in [5.74, 6) is 0. The van der Waals surface area contributed by atoms with Gasteiger partial charge >= 0.3 is 0 Å². The van der Waals surface area contributed by atoms with Crippen LogP contribution in [0.3, 0.4) is 0 Å². The van der Waals surface area contributed by atoms with E-state index in [-0.39, 0.29) is 6.04 Å². The van der Waals surface area contributed by atoms with Crippen molar-refractivity contribution in [3.63, 3.8) is 0 Å². The third kappa shape index (κ3) is 3.27. The maximum atomic E-state index is 12.7. The lowest BCUT2D eigenvalue weighted by Crippen LogP contribution is -2.38. The SMILES string of the molecule is C=CCN(C1CCCC1)S(=O)(=O)c1cccc(Br)c1. The molecule has 0 aromatic heterocycles. The number of benzene rings is 1. The van der Waals surface area contributed by atoms with E-state index in [0.717, 1.165) is 30.2 Å². The topological polar surface area (TPSA) is 37.4 Å². The van der Waals surface area contributed by atoms with Crippen LogP contribution in [-0.4, -0.2) is 25.3 Å². The second kappa shape index (κ2) is 6.20. The summed E-state index contributed by atoms with van der Waals surface area (Å²) in [5, 5.41) is 0. The molecule has 1 aliphatic carbocycles. The largest absolute Gasteiger partial charge is 0.243 e. The molecule has 0 atom stereocenters. The highest BCUT2D eigenvalue weighted by Crippen LogP contribution is 2.29. The fourth-order valence-electron chi connectivity index (χ4n) is 2.53. The number of rotatable bonds is 5. The molecule has 1 saturated carbocycles. The third-order valence-corrected chi connectivity index (χ3v) is 5.85. The predicted octanol–water partition coefficient (Wildman–Crippen LogP) is 3.57.